The van der Waals surface area contributed by atoms with Gasteiger partial charge >= 0.3 is 0 Å². The van der Waals surface area contributed by atoms with E-state index in [1.807, 2.05) is 12.1 Å². The van der Waals surface area contributed by atoms with Crippen LogP contribution in [-0.2, 0) is 0 Å². The summed E-state index contributed by atoms with van der Waals surface area (Å²) in [5, 5.41) is 0. The lowest BCUT2D eigenvalue weighted by atomic mass is 10.1. The van der Waals surface area contributed by atoms with Crippen LogP contribution in [0.15, 0.2) is 46.9 Å². The fourth-order valence-corrected chi connectivity index (χ4v) is 3.07. The molecule has 0 saturated heterocycles. The molecule has 1 fully saturated rings. The van der Waals surface area contributed by atoms with Gasteiger partial charge in [-0.1, -0.05) is 41.1 Å². The van der Waals surface area contributed by atoms with E-state index >= 15 is 0 Å². The third-order valence-electron chi connectivity index (χ3n) is 4.55. The highest BCUT2D eigenvalue weighted by Crippen LogP contribution is 2.39. The molecule has 2 aromatic carbocycles. The third kappa shape index (κ3) is 4.58. The van der Waals surface area contributed by atoms with Crippen molar-refractivity contribution in [3.8, 4) is 16.9 Å². The van der Waals surface area contributed by atoms with Crippen molar-refractivity contribution < 1.29 is 4.74 Å². The summed E-state index contributed by atoms with van der Waals surface area (Å²) < 4.78 is 7.10. The monoisotopic (exact) mass is 372 g/mol. The minimum Gasteiger partial charge on any atom is -0.493 e. The average molecular weight is 373 g/mol. The molecule has 3 rings (SSSR count). The summed E-state index contributed by atoms with van der Waals surface area (Å²) in [6.45, 7) is 5.34. The second-order valence-electron chi connectivity index (χ2n) is 6.37. The Bertz CT molecular complexity index is 640. The smallest absolute Gasteiger partial charge is 0.119 e. The molecule has 0 heterocycles. The van der Waals surface area contributed by atoms with Crippen LogP contribution in [0.1, 0.15) is 13.3 Å². The number of nitrogens with zero attached hydrogens (tertiary/aromatic N) is 1. The minimum absolute atomic E-state index is 0.712. The Labute approximate surface area is 147 Å². The first kappa shape index (κ1) is 16.5. The molecule has 2 unspecified atom stereocenters. The summed E-state index contributed by atoms with van der Waals surface area (Å²) >= 11 is 3.47. The summed E-state index contributed by atoms with van der Waals surface area (Å²) in [5.74, 6) is 2.46. The van der Waals surface area contributed by atoms with E-state index in [1.54, 1.807) is 0 Å². The molecule has 3 heteroatoms. The molecule has 121 valence electrons. The Morgan fingerprint density at radius 1 is 1.22 bits per heavy atom. The van der Waals surface area contributed by atoms with Crippen molar-refractivity contribution in [2.45, 2.75) is 13.3 Å². The van der Waals surface area contributed by atoms with E-state index in [9.17, 15) is 0 Å². The number of rotatable bonds is 7. The highest BCUT2D eigenvalue weighted by atomic mass is 79.9. The molecule has 1 aliphatic carbocycles. The first-order chi connectivity index (χ1) is 11.2. The van der Waals surface area contributed by atoms with Gasteiger partial charge in [0.2, 0.25) is 0 Å². The average Bonchev–Trinajstić information content (AvgIpc) is 3.31. The molecule has 1 aliphatic rings. The van der Waals surface area contributed by atoms with Crippen molar-refractivity contribution in [2.24, 2.45) is 11.8 Å². The maximum Gasteiger partial charge on any atom is 0.119 e. The normalized spacial score (nSPS) is 19.8. The zero-order valence-corrected chi connectivity index (χ0v) is 15.3. The molecule has 0 aromatic heterocycles. The minimum atomic E-state index is 0.712. The van der Waals surface area contributed by atoms with Gasteiger partial charge in [0, 0.05) is 11.0 Å². The molecular weight excluding hydrogens is 350 g/mol. The van der Waals surface area contributed by atoms with Crippen LogP contribution in [-0.4, -0.2) is 31.6 Å². The molecule has 0 N–H and O–H groups in total. The lowest BCUT2D eigenvalue weighted by Gasteiger charge is -2.13. The number of benzene rings is 2. The topological polar surface area (TPSA) is 12.5 Å². The number of hydrogen-bond acceptors (Lipinski definition) is 2. The molecular formula is C20H23BrNO. The Balaban J connectivity index is 1.56. The van der Waals surface area contributed by atoms with Crippen LogP contribution in [0.5, 0.6) is 5.75 Å². The van der Waals surface area contributed by atoms with E-state index in [0.717, 1.165) is 40.4 Å². The van der Waals surface area contributed by atoms with Crippen LogP contribution < -0.4 is 4.74 Å². The fraction of sp³-hybridized carbons (Fsp3) is 0.400. The molecule has 0 aliphatic heterocycles. The largest absolute Gasteiger partial charge is 0.493 e. The van der Waals surface area contributed by atoms with Crippen LogP contribution in [0.25, 0.3) is 11.1 Å². The molecule has 1 radical (unpaired) electrons. The van der Waals surface area contributed by atoms with Crippen LogP contribution >= 0.6 is 15.9 Å². The molecule has 0 amide bonds. The lowest BCUT2D eigenvalue weighted by Crippen LogP contribution is -2.21. The summed E-state index contributed by atoms with van der Waals surface area (Å²) in [6, 6.07) is 17.6. The van der Waals surface area contributed by atoms with Crippen molar-refractivity contribution in [1.82, 2.24) is 4.90 Å². The predicted octanol–water partition coefficient (Wildman–Crippen LogP) is 4.88. The SMILES string of the molecule is CCN(C)CC1CC1COc1cc[c]c(-c2ccc(Br)cc2)c1. The van der Waals surface area contributed by atoms with Gasteiger partial charge in [0.15, 0.2) is 0 Å². The molecule has 1 saturated carbocycles. The van der Waals surface area contributed by atoms with E-state index in [-0.39, 0.29) is 0 Å². The molecule has 0 bridgehead atoms. The van der Waals surface area contributed by atoms with Crippen molar-refractivity contribution in [3.63, 3.8) is 0 Å². The lowest BCUT2D eigenvalue weighted by molar-refractivity contribution is 0.273. The van der Waals surface area contributed by atoms with Gasteiger partial charge in [0.05, 0.1) is 6.61 Å². The van der Waals surface area contributed by atoms with Gasteiger partial charge in [-0.25, -0.2) is 0 Å². The van der Waals surface area contributed by atoms with Crippen LogP contribution in [0.4, 0.5) is 0 Å². The highest BCUT2D eigenvalue weighted by molar-refractivity contribution is 9.10. The van der Waals surface area contributed by atoms with Gasteiger partial charge in [-0.15, -0.1) is 0 Å². The zero-order valence-electron chi connectivity index (χ0n) is 13.8. The predicted molar refractivity (Wildman–Crippen MR) is 98.7 cm³/mol. The summed E-state index contributed by atoms with van der Waals surface area (Å²) in [4.78, 5) is 2.38. The van der Waals surface area contributed by atoms with E-state index in [2.05, 4.69) is 71.2 Å². The Kier molecular flexibility index (Phi) is 5.39. The summed E-state index contributed by atoms with van der Waals surface area (Å²) in [6.07, 6.45) is 1.29. The van der Waals surface area contributed by atoms with Crippen LogP contribution in [0.2, 0.25) is 0 Å². The fourth-order valence-electron chi connectivity index (χ4n) is 2.80. The molecule has 2 aromatic rings. The Hall–Kier alpha value is -1.32. The van der Waals surface area contributed by atoms with Crippen molar-refractivity contribution in [2.75, 3.05) is 26.7 Å². The van der Waals surface area contributed by atoms with Gasteiger partial charge in [0.25, 0.3) is 0 Å². The summed E-state index contributed by atoms with van der Waals surface area (Å²) in [7, 11) is 2.19. The van der Waals surface area contributed by atoms with Crippen molar-refractivity contribution in [3.05, 3.63) is 53.0 Å². The Morgan fingerprint density at radius 3 is 2.74 bits per heavy atom. The van der Waals surface area contributed by atoms with Crippen molar-refractivity contribution in [1.29, 1.82) is 0 Å². The Morgan fingerprint density at radius 2 is 2.00 bits per heavy atom. The summed E-state index contributed by atoms with van der Waals surface area (Å²) in [5.41, 5.74) is 2.24. The third-order valence-corrected chi connectivity index (χ3v) is 5.08. The highest BCUT2D eigenvalue weighted by Gasteiger charge is 2.37. The van der Waals surface area contributed by atoms with Gasteiger partial charge < -0.3 is 9.64 Å². The second kappa shape index (κ2) is 7.50. The zero-order chi connectivity index (χ0) is 16.2. The van der Waals surface area contributed by atoms with Crippen LogP contribution in [0, 0.1) is 17.9 Å². The maximum absolute atomic E-state index is 6.01. The van der Waals surface area contributed by atoms with E-state index in [1.165, 1.54) is 13.0 Å². The van der Waals surface area contributed by atoms with Gasteiger partial charge in [0.1, 0.15) is 5.75 Å². The van der Waals surface area contributed by atoms with Gasteiger partial charge in [-0.2, -0.15) is 0 Å². The van der Waals surface area contributed by atoms with Crippen LogP contribution in [0.3, 0.4) is 0 Å². The van der Waals surface area contributed by atoms with E-state index in [4.69, 9.17) is 4.74 Å². The van der Waals surface area contributed by atoms with E-state index < -0.39 is 0 Å². The number of ether oxygens (including phenoxy) is 1. The molecule has 23 heavy (non-hydrogen) atoms. The standard InChI is InChI=1S/C20H23BrNO/c1-3-22(2)13-17-11-18(17)14-23-20-6-4-5-16(12-20)15-7-9-19(21)10-8-15/h4,6-10,12,17-18H,3,11,13-14H2,1-2H3. The van der Waals surface area contributed by atoms with Gasteiger partial charge in [-0.05, 0) is 73.3 Å². The van der Waals surface area contributed by atoms with Gasteiger partial charge in [-0.3, -0.25) is 0 Å². The number of halogens is 1. The number of hydrogen-bond donors (Lipinski definition) is 0. The molecule has 2 atom stereocenters. The first-order valence-electron chi connectivity index (χ1n) is 8.24. The maximum atomic E-state index is 6.01. The van der Waals surface area contributed by atoms with E-state index in [0.29, 0.717) is 5.92 Å². The second-order valence-corrected chi connectivity index (χ2v) is 7.28. The first-order valence-corrected chi connectivity index (χ1v) is 9.04. The molecule has 0 spiro atoms. The quantitative estimate of drug-likeness (QED) is 0.686. The molecule has 2 nitrogen and oxygen atoms in total. The van der Waals surface area contributed by atoms with Crippen molar-refractivity contribution >= 4 is 15.9 Å².